The number of carbonyl (C=O) groups excluding carboxylic acids is 1. The van der Waals surface area contributed by atoms with Crippen LogP contribution >= 0.6 is 11.6 Å². The molecule has 0 fully saturated rings. The number of aromatic amines is 1. The Kier molecular flexibility index (Phi) is 4.12. The van der Waals surface area contributed by atoms with Gasteiger partial charge in [0, 0.05) is 11.8 Å². The van der Waals surface area contributed by atoms with Crippen molar-refractivity contribution in [2.45, 2.75) is 26.7 Å². The average molecular weight is 244 g/mol. The molecule has 0 unspecified atom stereocenters. The molecule has 1 heterocycles. The first-order valence-electron chi connectivity index (χ1n) is 5.07. The summed E-state index contributed by atoms with van der Waals surface area (Å²) in [5.74, 6) is -0.516. The van der Waals surface area contributed by atoms with Gasteiger partial charge in [-0.05, 0) is 12.8 Å². The molecule has 0 aliphatic heterocycles. The number of halogens is 1. The third kappa shape index (κ3) is 2.64. The number of hydrogen-bond donors (Lipinski definition) is 1. The van der Waals surface area contributed by atoms with Gasteiger partial charge in [0.15, 0.2) is 0 Å². The number of carbonyl (C=O) groups is 1. The second-order valence-electron chi connectivity index (χ2n) is 3.65. The predicted molar refractivity (Wildman–Crippen MR) is 62.1 cm³/mol. The van der Waals surface area contributed by atoms with Crippen molar-refractivity contribution in [3.63, 3.8) is 0 Å². The molecule has 1 N–H and O–H groups in total. The third-order valence-corrected chi connectivity index (χ3v) is 2.38. The van der Waals surface area contributed by atoms with E-state index in [1.807, 2.05) is 13.8 Å². The predicted octanol–water partition coefficient (Wildman–Crippen LogP) is 2.33. The van der Waals surface area contributed by atoms with Gasteiger partial charge in [-0.25, -0.2) is 4.79 Å². The Morgan fingerprint density at radius 3 is 2.69 bits per heavy atom. The van der Waals surface area contributed by atoms with Gasteiger partial charge in [-0.2, -0.15) is 0 Å². The zero-order chi connectivity index (χ0) is 12.3. The van der Waals surface area contributed by atoms with E-state index in [0.29, 0.717) is 5.69 Å². The zero-order valence-corrected chi connectivity index (χ0v) is 10.2. The minimum absolute atomic E-state index is 0.00851. The van der Waals surface area contributed by atoms with E-state index in [9.17, 15) is 9.59 Å². The van der Waals surface area contributed by atoms with Crippen molar-refractivity contribution in [2.24, 2.45) is 0 Å². The van der Waals surface area contributed by atoms with Crippen LogP contribution in [0.2, 0.25) is 5.02 Å². The molecule has 0 saturated heterocycles. The van der Waals surface area contributed by atoms with Gasteiger partial charge in [0.1, 0.15) is 0 Å². The van der Waals surface area contributed by atoms with Crippen LogP contribution in [0.1, 0.15) is 42.7 Å². The molecule has 0 bridgehead atoms. The van der Waals surface area contributed by atoms with Crippen molar-refractivity contribution in [3.05, 3.63) is 32.7 Å². The van der Waals surface area contributed by atoms with E-state index < -0.39 is 5.97 Å². The van der Waals surface area contributed by atoms with Crippen molar-refractivity contribution >= 4 is 17.6 Å². The van der Waals surface area contributed by atoms with E-state index in [1.54, 1.807) is 6.92 Å². The number of ether oxygens (including phenoxy) is 1. The Morgan fingerprint density at radius 1 is 1.56 bits per heavy atom. The molecule has 1 aromatic rings. The molecule has 0 aliphatic carbocycles. The van der Waals surface area contributed by atoms with E-state index in [2.05, 4.69) is 4.98 Å². The molecule has 0 amide bonds. The Morgan fingerprint density at radius 2 is 2.19 bits per heavy atom. The van der Waals surface area contributed by atoms with Gasteiger partial charge >= 0.3 is 5.97 Å². The molecule has 16 heavy (non-hydrogen) atoms. The first-order valence-corrected chi connectivity index (χ1v) is 5.45. The minimum atomic E-state index is -0.507. The van der Waals surface area contributed by atoms with Crippen LogP contribution < -0.4 is 5.56 Å². The zero-order valence-electron chi connectivity index (χ0n) is 9.46. The van der Waals surface area contributed by atoms with Crippen molar-refractivity contribution in [1.29, 1.82) is 0 Å². The van der Waals surface area contributed by atoms with Gasteiger partial charge in [0.25, 0.3) is 0 Å². The second-order valence-corrected chi connectivity index (χ2v) is 4.05. The molecular formula is C11H14ClNO3. The summed E-state index contributed by atoms with van der Waals surface area (Å²) >= 11 is 5.89. The summed E-state index contributed by atoms with van der Waals surface area (Å²) in [4.78, 5) is 25.5. The number of pyridine rings is 1. The van der Waals surface area contributed by atoms with Crippen LogP contribution in [0, 0.1) is 0 Å². The normalized spacial score (nSPS) is 10.6. The van der Waals surface area contributed by atoms with Gasteiger partial charge in [-0.3, -0.25) is 4.79 Å². The number of esters is 1. The number of nitrogens with one attached hydrogen (secondary N) is 1. The number of H-pyrrole nitrogens is 1. The van der Waals surface area contributed by atoms with Gasteiger partial charge in [0.05, 0.1) is 17.2 Å². The lowest BCUT2D eigenvalue weighted by atomic mass is 10.0. The minimum Gasteiger partial charge on any atom is -0.462 e. The molecule has 0 aromatic carbocycles. The van der Waals surface area contributed by atoms with Gasteiger partial charge < -0.3 is 9.72 Å². The highest BCUT2D eigenvalue weighted by Gasteiger charge is 2.20. The third-order valence-electron chi connectivity index (χ3n) is 2.08. The molecule has 4 nitrogen and oxygen atoms in total. The highest BCUT2D eigenvalue weighted by molar-refractivity contribution is 6.33. The molecular weight excluding hydrogens is 230 g/mol. The monoisotopic (exact) mass is 243 g/mol. The maximum Gasteiger partial charge on any atom is 0.341 e. The van der Waals surface area contributed by atoms with E-state index in [4.69, 9.17) is 16.3 Å². The highest BCUT2D eigenvalue weighted by Crippen LogP contribution is 2.23. The fourth-order valence-electron chi connectivity index (χ4n) is 1.39. The molecule has 0 radical (unpaired) electrons. The quantitative estimate of drug-likeness (QED) is 0.829. The lowest BCUT2D eigenvalue weighted by Gasteiger charge is -2.12. The van der Waals surface area contributed by atoms with E-state index in [1.165, 1.54) is 6.07 Å². The van der Waals surface area contributed by atoms with Gasteiger partial charge in [-0.1, -0.05) is 25.4 Å². The Hall–Kier alpha value is -1.29. The van der Waals surface area contributed by atoms with E-state index in [0.717, 1.165) is 0 Å². The standard InChI is InChI=1S/C11H14ClNO3/c1-4-16-11(15)9-7(12)5-8(14)13-10(9)6(2)3/h5-6H,4H2,1-3H3,(H,13,14). The highest BCUT2D eigenvalue weighted by atomic mass is 35.5. The lowest BCUT2D eigenvalue weighted by Crippen LogP contribution is -2.17. The lowest BCUT2D eigenvalue weighted by molar-refractivity contribution is 0.0524. The Balaban J connectivity index is 3.35. The maximum absolute atomic E-state index is 11.7. The van der Waals surface area contributed by atoms with E-state index >= 15 is 0 Å². The molecule has 88 valence electrons. The summed E-state index contributed by atoms with van der Waals surface area (Å²) in [5.41, 5.74) is 0.441. The topological polar surface area (TPSA) is 59.2 Å². The van der Waals surface area contributed by atoms with Crippen molar-refractivity contribution in [3.8, 4) is 0 Å². The van der Waals surface area contributed by atoms with Crippen LogP contribution in [0.3, 0.4) is 0 Å². The summed E-state index contributed by atoms with van der Waals surface area (Å²) < 4.78 is 4.89. The van der Waals surface area contributed by atoms with Crippen LogP contribution in [-0.4, -0.2) is 17.6 Å². The Bertz CT molecular complexity index is 451. The van der Waals surface area contributed by atoms with Gasteiger partial charge in [-0.15, -0.1) is 0 Å². The first kappa shape index (κ1) is 12.8. The molecule has 1 rings (SSSR count). The van der Waals surface area contributed by atoms with Crippen molar-refractivity contribution in [2.75, 3.05) is 6.61 Å². The summed E-state index contributed by atoms with van der Waals surface area (Å²) in [5, 5.41) is 0.130. The maximum atomic E-state index is 11.7. The fraction of sp³-hybridized carbons (Fsp3) is 0.455. The molecule has 1 aromatic heterocycles. The molecule has 0 saturated carbocycles. The number of rotatable bonds is 3. The molecule has 0 spiro atoms. The summed E-state index contributed by atoms with van der Waals surface area (Å²) in [7, 11) is 0. The first-order chi connectivity index (χ1) is 7.47. The Labute approximate surface area is 98.6 Å². The molecule has 0 atom stereocenters. The number of aromatic nitrogens is 1. The van der Waals surface area contributed by atoms with Crippen LogP contribution in [0.5, 0.6) is 0 Å². The van der Waals surface area contributed by atoms with E-state index in [-0.39, 0.29) is 28.7 Å². The second kappa shape index (κ2) is 5.16. The largest absolute Gasteiger partial charge is 0.462 e. The van der Waals surface area contributed by atoms with Crippen LogP contribution in [0.15, 0.2) is 10.9 Å². The average Bonchev–Trinajstić information content (AvgIpc) is 2.16. The smallest absolute Gasteiger partial charge is 0.341 e. The van der Waals surface area contributed by atoms with Crippen molar-refractivity contribution < 1.29 is 9.53 Å². The number of hydrogen-bond acceptors (Lipinski definition) is 3. The fourth-order valence-corrected chi connectivity index (χ4v) is 1.67. The summed E-state index contributed by atoms with van der Waals surface area (Å²) in [6, 6.07) is 1.18. The molecule has 5 heteroatoms. The molecule has 0 aliphatic rings. The SMILES string of the molecule is CCOC(=O)c1c(Cl)cc(=O)[nH]c1C(C)C. The van der Waals surface area contributed by atoms with Crippen LogP contribution in [0.25, 0.3) is 0 Å². The summed E-state index contributed by atoms with van der Waals surface area (Å²) in [6.07, 6.45) is 0. The van der Waals surface area contributed by atoms with Crippen LogP contribution in [0.4, 0.5) is 0 Å². The van der Waals surface area contributed by atoms with Crippen LogP contribution in [-0.2, 0) is 4.74 Å². The van der Waals surface area contributed by atoms with Gasteiger partial charge in [0.2, 0.25) is 5.56 Å². The summed E-state index contributed by atoms with van der Waals surface area (Å²) in [6.45, 7) is 5.72. The van der Waals surface area contributed by atoms with Crippen molar-refractivity contribution in [1.82, 2.24) is 4.98 Å².